The number of phosphoric ester groups is 1. The van der Waals surface area contributed by atoms with E-state index in [-0.39, 0.29) is 0 Å². The maximum atomic E-state index is 10.7. The number of ether oxygens (including phenoxy) is 1. The summed E-state index contributed by atoms with van der Waals surface area (Å²) in [7, 11) is -4.69. The minimum Gasteiger partial charge on any atom is -0.387 e. The molecular formula is C11H14N3O7P. The highest BCUT2D eigenvalue weighted by Gasteiger charge is 2.44. The smallest absolute Gasteiger partial charge is 0.387 e. The second-order valence-electron chi connectivity index (χ2n) is 4.85. The molecule has 0 spiro atoms. The Morgan fingerprint density at radius 2 is 2.14 bits per heavy atom. The average molecular weight is 331 g/mol. The molecule has 1 fully saturated rings. The lowest BCUT2D eigenvalue weighted by atomic mass is 10.1. The molecule has 0 amide bonds. The van der Waals surface area contributed by atoms with E-state index >= 15 is 0 Å². The number of aliphatic hydroxyl groups excluding tert-OH is 2. The highest BCUT2D eigenvalue weighted by molar-refractivity contribution is 7.46. The summed E-state index contributed by atoms with van der Waals surface area (Å²) < 4.78 is 22.0. The number of imidazole rings is 1. The highest BCUT2D eigenvalue weighted by Crippen LogP contribution is 2.38. The molecule has 1 saturated heterocycles. The number of aromatic nitrogens is 3. The first-order valence-corrected chi connectivity index (χ1v) is 7.88. The Hall–Kier alpha value is -1.39. The maximum Gasteiger partial charge on any atom is 0.469 e. The van der Waals surface area contributed by atoms with Crippen molar-refractivity contribution in [1.29, 1.82) is 0 Å². The van der Waals surface area contributed by atoms with Crippen LogP contribution in [-0.4, -0.2) is 59.5 Å². The van der Waals surface area contributed by atoms with Crippen LogP contribution in [0.3, 0.4) is 0 Å². The summed E-state index contributed by atoms with van der Waals surface area (Å²) in [6.45, 7) is -0.552. The lowest BCUT2D eigenvalue weighted by Crippen LogP contribution is -2.33. The van der Waals surface area contributed by atoms with E-state index in [0.29, 0.717) is 11.0 Å². The maximum absolute atomic E-state index is 10.7. The van der Waals surface area contributed by atoms with Crippen LogP contribution < -0.4 is 0 Å². The zero-order valence-corrected chi connectivity index (χ0v) is 12.0. The third-order valence-corrected chi connectivity index (χ3v) is 3.88. The van der Waals surface area contributed by atoms with Gasteiger partial charge in [0.25, 0.3) is 0 Å². The average Bonchev–Trinajstić information content (AvgIpc) is 3.00. The second-order valence-corrected chi connectivity index (χ2v) is 6.09. The Morgan fingerprint density at radius 3 is 2.86 bits per heavy atom. The number of fused-ring (bicyclic) bond motifs is 1. The van der Waals surface area contributed by atoms with Gasteiger partial charge in [0.05, 0.1) is 30.2 Å². The Morgan fingerprint density at radius 1 is 1.36 bits per heavy atom. The van der Waals surface area contributed by atoms with E-state index in [4.69, 9.17) is 14.5 Å². The van der Waals surface area contributed by atoms with E-state index in [1.165, 1.54) is 17.1 Å². The number of hydrogen-bond acceptors (Lipinski definition) is 7. The highest BCUT2D eigenvalue weighted by atomic mass is 31.2. The van der Waals surface area contributed by atoms with E-state index in [9.17, 15) is 14.8 Å². The Labute approximate surface area is 124 Å². The predicted octanol–water partition coefficient (Wildman–Crippen LogP) is -0.840. The molecule has 0 aromatic carbocycles. The van der Waals surface area contributed by atoms with Crippen LogP contribution in [0.5, 0.6) is 0 Å². The second kappa shape index (κ2) is 5.67. The number of aliphatic hydroxyl groups is 2. The fourth-order valence-corrected chi connectivity index (χ4v) is 2.68. The first-order valence-electron chi connectivity index (χ1n) is 6.35. The van der Waals surface area contributed by atoms with Gasteiger partial charge >= 0.3 is 7.82 Å². The molecule has 4 N–H and O–H groups in total. The lowest BCUT2D eigenvalue weighted by molar-refractivity contribution is -0.0501. The van der Waals surface area contributed by atoms with Crippen LogP contribution in [0.4, 0.5) is 0 Å². The SMILES string of the molecule is O=P(O)(O)OC[C@H]1OC(n2cnc3ccncc32)[C@@H](O)[C@@H]1O. The van der Waals surface area contributed by atoms with Gasteiger partial charge in [-0.15, -0.1) is 0 Å². The minimum absolute atomic E-state index is 0.552. The molecule has 3 heterocycles. The number of hydrogen-bond donors (Lipinski definition) is 4. The summed E-state index contributed by atoms with van der Waals surface area (Å²) in [4.78, 5) is 25.5. The van der Waals surface area contributed by atoms with Crippen LogP contribution in [-0.2, 0) is 13.8 Å². The van der Waals surface area contributed by atoms with Crippen LogP contribution in [0.2, 0.25) is 0 Å². The Balaban J connectivity index is 1.82. The standard InChI is InChI=1S/C11H14N3O7P/c15-9-8(4-20-22(17,18)19)21-11(10(9)16)14-5-13-6-1-2-12-3-7(6)14/h1-3,5,8-11,15-16H,4H2,(H2,17,18,19)/t8-,9-,10+,11?/m1/s1. The largest absolute Gasteiger partial charge is 0.469 e. The summed E-state index contributed by atoms with van der Waals surface area (Å²) in [5, 5.41) is 20.0. The molecule has 0 aliphatic carbocycles. The van der Waals surface area contributed by atoms with Gasteiger partial charge in [0.1, 0.15) is 18.3 Å². The van der Waals surface area contributed by atoms with Crippen molar-refractivity contribution in [3.8, 4) is 0 Å². The molecule has 11 heteroatoms. The summed E-state index contributed by atoms with van der Waals surface area (Å²) in [6, 6.07) is 1.68. The monoisotopic (exact) mass is 331 g/mol. The molecule has 0 radical (unpaired) electrons. The van der Waals surface area contributed by atoms with Crippen molar-refractivity contribution in [3.05, 3.63) is 24.8 Å². The summed E-state index contributed by atoms with van der Waals surface area (Å²) >= 11 is 0. The molecule has 1 aliphatic rings. The molecular weight excluding hydrogens is 317 g/mol. The van der Waals surface area contributed by atoms with E-state index in [1.54, 1.807) is 12.3 Å². The van der Waals surface area contributed by atoms with Crippen LogP contribution >= 0.6 is 7.82 Å². The van der Waals surface area contributed by atoms with Crippen molar-refractivity contribution in [1.82, 2.24) is 14.5 Å². The minimum atomic E-state index is -4.69. The number of nitrogens with zero attached hydrogens (tertiary/aromatic N) is 3. The third kappa shape index (κ3) is 2.90. The van der Waals surface area contributed by atoms with Crippen LogP contribution in [0, 0.1) is 0 Å². The first-order chi connectivity index (χ1) is 10.4. The molecule has 120 valence electrons. The molecule has 1 aliphatic heterocycles. The van der Waals surface area contributed by atoms with Gasteiger partial charge in [0.2, 0.25) is 0 Å². The third-order valence-electron chi connectivity index (χ3n) is 3.40. The van der Waals surface area contributed by atoms with E-state index in [1.807, 2.05) is 0 Å². The normalized spacial score (nSPS) is 29.3. The van der Waals surface area contributed by atoms with Gasteiger partial charge < -0.3 is 24.7 Å². The van der Waals surface area contributed by atoms with Crippen LogP contribution in [0.1, 0.15) is 6.23 Å². The first kappa shape index (κ1) is 15.5. The molecule has 2 aromatic rings. The molecule has 10 nitrogen and oxygen atoms in total. The van der Waals surface area contributed by atoms with Crippen molar-refractivity contribution < 1.29 is 33.8 Å². The van der Waals surface area contributed by atoms with Crippen LogP contribution in [0.25, 0.3) is 11.0 Å². The van der Waals surface area contributed by atoms with E-state index in [0.717, 1.165) is 0 Å². The van der Waals surface area contributed by atoms with E-state index < -0.39 is 39.0 Å². The van der Waals surface area contributed by atoms with Crippen molar-refractivity contribution >= 4 is 18.9 Å². The van der Waals surface area contributed by atoms with Gasteiger partial charge in [-0.3, -0.25) is 14.1 Å². The van der Waals surface area contributed by atoms with Gasteiger partial charge in [-0.2, -0.15) is 0 Å². The van der Waals surface area contributed by atoms with Gasteiger partial charge in [0, 0.05) is 6.20 Å². The predicted molar refractivity (Wildman–Crippen MR) is 71.4 cm³/mol. The quantitative estimate of drug-likeness (QED) is 0.526. The number of phosphoric acid groups is 1. The van der Waals surface area contributed by atoms with Crippen molar-refractivity contribution in [2.75, 3.05) is 6.61 Å². The topological polar surface area (TPSA) is 147 Å². The zero-order valence-electron chi connectivity index (χ0n) is 11.1. The molecule has 2 aromatic heterocycles. The molecule has 0 saturated carbocycles. The zero-order chi connectivity index (χ0) is 15.9. The van der Waals surface area contributed by atoms with Gasteiger partial charge in [-0.05, 0) is 6.07 Å². The number of rotatable bonds is 4. The summed E-state index contributed by atoms with van der Waals surface area (Å²) in [6.07, 6.45) is -0.175. The van der Waals surface area contributed by atoms with Gasteiger partial charge in [-0.1, -0.05) is 0 Å². The van der Waals surface area contributed by atoms with Crippen molar-refractivity contribution in [2.24, 2.45) is 0 Å². The van der Waals surface area contributed by atoms with Crippen molar-refractivity contribution in [2.45, 2.75) is 24.5 Å². The van der Waals surface area contributed by atoms with Gasteiger partial charge in [0.15, 0.2) is 6.23 Å². The van der Waals surface area contributed by atoms with Gasteiger partial charge in [-0.25, -0.2) is 9.55 Å². The Kier molecular flexibility index (Phi) is 4.00. The van der Waals surface area contributed by atoms with E-state index in [2.05, 4.69) is 14.5 Å². The molecule has 0 bridgehead atoms. The van der Waals surface area contributed by atoms with Crippen LogP contribution in [0.15, 0.2) is 24.8 Å². The fourth-order valence-electron chi connectivity index (χ4n) is 2.34. The molecule has 3 rings (SSSR count). The molecule has 1 unspecified atom stereocenters. The molecule has 4 atom stereocenters. The summed E-state index contributed by atoms with van der Waals surface area (Å²) in [5.41, 5.74) is 1.23. The Bertz CT molecular complexity index is 717. The molecule has 22 heavy (non-hydrogen) atoms. The fraction of sp³-hybridized carbons (Fsp3) is 0.455. The lowest BCUT2D eigenvalue weighted by Gasteiger charge is -2.16. The summed E-state index contributed by atoms with van der Waals surface area (Å²) in [5.74, 6) is 0. The number of pyridine rings is 1. The van der Waals surface area contributed by atoms with Crippen molar-refractivity contribution in [3.63, 3.8) is 0 Å².